The highest BCUT2D eigenvalue weighted by atomic mass is 16.5. The van der Waals surface area contributed by atoms with E-state index in [1.54, 1.807) is 17.8 Å². The molecule has 0 radical (unpaired) electrons. The van der Waals surface area contributed by atoms with Crippen molar-refractivity contribution in [2.24, 2.45) is 22.2 Å². The van der Waals surface area contributed by atoms with Crippen LogP contribution in [0.25, 0.3) is 5.78 Å². The summed E-state index contributed by atoms with van der Waals surface area (Å²) in [6.07, 6.45) is 4.42. The second-order valence-corrected chi connectivity index (χ2v) is 11.0. The maximum absolute atomic E-state index is 12.9. The number of carbonyl (C=O) groups excluding carboxylic acids is 1. The lowest BCUT2D eigenvalue weighted by molar-refractivity contribution is -0.188. The van der Waals surface area contributed by atoms with Crippen molar-refractivity contribution in [1.29, 1.82) is 5.41 Å². The minimum Gasteiger partial charge on any atom is -0.485 e. The number of nitrogens with one attached hydrogen (secondary N) is 1. The normalized spacial score (nSPS) is 28.8. The molecule has 5 aliphatic rings. The zero-order valence-corrected chi connectivity index (χ0v) is 21.9. The first-order valence-corrected chi connectivity index (χ1v) is 13.0. The summed E-state index contributed by atoms with van der Waals surface area (Å²) in [7, 11) is 1.68. The third kappa shape index (κ3) is 3.74. The monoisotopic (exact) mass is 506 g/mol. The molecular formula is C26H34N8O3. The second-order valence-electron chi connectivity index (χ2n) is 11.0. The van der Waals surface area contributed by atoms with Crippen molar-refractivity contribution in [1.82, 2.24) is 29.4 Å². The number of carbonyl (C=O) groups is 1. The molecule has 4 heterocycles. The molecule has 0 aromatic carbocycles. The number of allylic oxidation sites excluding steroid dienone is 1. The Hall–Kier alpha value is -3.34. The van der Waals surface area contributed by atoms with Gasteiger partial charge in [-0.25, -0.2) is 9.98 Å². The lowest BCUT2D eigenvalue weighted by Gasteiger charge is -2.67. The molecule has 0 spiro atoms. The number of fused-ring (bicyclic) bond motifs is 1. The summed E-state index contributed by atoms with van der Waals surface area (Å²) in [5, 5.41) is 13.1. The fourth-order valence-electron chi connectivity index (χ4n) is 6.27. The van der Waals surface area contributed by atoms with E-state index in [9.17, 15) is 4.79 Å². The van der Waals surface area contributed by atoms with E-state index in [0.29, 0.717) is 43.0 Å². The predicted octanol–water partition coefficient (Wildman–Crippen LogP) is 1.95. The van der Waals surface area contributed by atoms with E-state index in [4.69, 9.17) is 14.9 Å². The van der Waals surface area contributed by atoms with Crippen molar-refractivity contribution in [2.45, 2.75) is 52.2 Å². The lowest BCUT2D eigenvalue weighted by Crippen LogP contribution is -2.71. The molecule has 2 saturated heterocycles. The second kappa shape index (κ2) is 8.61. The molecule has 5 fully saturated rings. The third-order valence-electron chi connectivity index (χ3n) is 8.67. The number of hydrogen-bond acceptors (Lipinski definition) is 8. The zero-order chi connectivity index (χ0) is 26.1. The van der Waals surface area contributed by atoms with Crippen molar-refractivity contribution >= 4 is 23.7 Å². The van der Waals surface area contributed by atoms with Crippen LogP contribution < -0.4 is 4.74 Å². The Morgan fingerprint density at radius 3 is 2.57 bits per heavy atom. The van der Waals surface area contributed by atoms with Crippen LogP contribution in [0.15, 0.2) is 17.3 Å². The molecule has 2 atom stereocenters. The molecule has 1 amide bonds. The van der Waals surface area contributed by atoms with Gasteiger partial charge in [-0.05, 0) is 39.5 Å². The molecule has 3 saturated carbocycles. The molecule has 7 rings (SSSR count). The maximum Gasteiger partial charge on any atom is 0.253 e. The number of aryl methyl sites for hydroxylation is 3. The van der Waals surface area contributed by atoms with Crippen LogP contribution >= 0.6 is 0 Å². The quantitative estimate of drug-likeness (QED) is 0.450. The average molecular weight is 507 g/mol. The molecule has 2 aromatic heterocycles. The summed E-state index contributed by atoms with van der Waals surface area (Å²) in [5.41, 5.74) is 2.04. The number of likely N-dealkylation sites (tertiary alicyclic amines) is 2. The van der Waals surface area contributed by atoms with Gasteiger partial charge in [0, 0.05) is 44.3 Å². The molecule has 196 valence electrons. The minimum atomic E-state index is -0.395. The molecule has 37 heavy (non-hydrogen) atoms. The van der Waals surface area contributed by atoms with Crippen LogP contribution in [0, 0.1) is 43.4 Å². The molecule has 11 heteroatoms. The van der Waals surface area contributed by atoms with Crippen LogP contribution in [-0.2, 0) is 9.53 Å². The first-order chi connectivity index (χ1) is 17.7. The minimum absolute atomic E-state index is 0.0158. The molecule has 2 bridgehead atoms. The first-order valence-electron chi connectivity index (χ1n) is 13.0. The Balaban J connectivity index is 1.05. The standard InChI is InChI=1S/C26H34N8O3/c1-14(10-28-24(27)26-8-18(9-26)21(26)23(35)33-12-20(13-33)36-5)32-7-6-19(11-32)37-22-15(2)29-25-30-17(4)31-34(25)16(22)3/h10,18-21,27H,1,6-9,11-13H2,2-5H3/b27-24?,28-10-/t18?,19-,21?,26?/m1/s1. The van der Waals surface area contributed by atoms with E-state index in [1.165, 1.54) is 0 Å². The summed E-state index contributed by atoms with van der Waals surface area (Å²) < 4.78 is 13.4. The predicted molar refractivity (Wildman–Crippen MR) is 137 cm³/mol. The maximum atomic E-state index is 12.9. The van der Waals surface area contributed by atoms with Crippen LogP contribution in [0.3, 0.4) is 0 Å². The van der Waals surface area contributed by atoms with E-state index in [2.05, 4.69) is 31.5 Å². The van der Waals surface area contributed by atoms with E-state index in [-0.39, 0.29) is 24.0 Å². The Morgan fingerprint density at radius 1 is 1.16 bits per heavy atom. The summed E-state index contributed by atoms with van der Waals surface area (Å²) in [6, 6.07) is 0. The molecule has 1 N–H and O–H groups in total. The highest BCUT2D eigenvalue weighted by molar-refractivity contribution is 6.01. The van der Waals surface area contributed by atoms with Crippen LogP contribution in [0.5, 0.6) is 5.75 Å². The van der Waals surface area contributed by atoms with Crippen molar-refractivity contribution in [2.75, 3.05) is 33.3 Å². The molecule has 2 aliphatic heterocycles. The smallest absolute Gasteiger partial charge is 0.253 e. The Morgan fingerprint density at radius 2 is 1.89 bits per heavy atom. The Bertz CT molecular complexity index is 1320. The van der Waals surface area contributed by atoms with E-state index in [0.717, 1.165) is 48.6 Å². The van der Waals surface area contributed by atoms with Gasteiger partial charge in [-0.3, -0.25) is 10.2 Å². The fraction of sp³-hybridized carbons (Fsp3) is 0.615. The van der Waals surface area contributed by atoms with Crippen LogP contribution in [-0.4, -0.2) is 92.8 Å². The van der Waals surface area contributed by atoms with Crippen LogP contribution in [0.2, 0.25) is 0 Å². The SMILES string of the molecule is C=C(/C=N\C(=N)C12CC(C1)C2C(=O)N1CC(OC)C1)N1CC[C@@H](Oc2c(C)nc3nc(C)nn3c2C)C1. The zero-order valence-electron chi connectivity index (χ0n) is 21.9. The fourth-order valence-corrected chi connectivity index (χ4v) is 6.27. The number of hydrogen-bond donors (Lipinski definition) is 1. The van der Waals surface area contributed by atoms with Crippen molar-refractivity contribution in [3.8, 4) is 5.75 Å². The number of nitrogens with zero attached hydrogens (tertiary/aromatic N) is 7. The Kier molecular flexibility index (Phi) is 5.59. The van der Waals surface area contributed by atoms with Gasteiger partial charge >= 0.3 is 0 Å². The van der Waals surface area contributed by atoms with Gasteiger partial charge in [0.15, 0.2) is 5.75 Å². The molecular weight excluding hydrogens is 472 g/mol. The number of methoxy groups -OCH3 is 1. The average Bonchev–Trinajstić information content (AvgIpc) is 3.39. The summed E-state index contributed by atoms with van der Waals surface area (Å²) >= 11 is 0. The number of ether oxygens (including phenoxy) is 2. The lowest BCUT2D eigenvalue weighted by atomic mass is 9.36. The number of rotatable bonds is 7. The summed E-state index contributed by atoms with van der Waals surface area (Å²) in [5.74, 6) is 2.76. The van der Waals surface area contributed by atoms with Gasteiger partial charge in [0.25, 0.3) is 5.78 Å². The molecule has 3 aliphatic carbocycles. The third-order valence-corrected chi connectivity index (χ3v) is 8.67. The molecule has 2 aromatic rings. The topological polar surface area (TPSA) is 121 Å². The van der Waals surface area contributed by atoms with Gasteiger partial charge in [0.2, 0.25) is 5.91 Å². The van der Waals surface area contributed by atoms with E-state index < -0.39 is 5.41 Å². The number of amides is 1. The van der Waals surface area contributed by atoms with Gasteiger partial charge in [-0.1, -0.05) is 6.58 Å². The highest BCUT2D eigenvalue weighted by Gasteiger charge is 2.71. The van der Waals surface area contributed by atoms with Crippen LogP contribution in [0.4, 0.5) is 0 Å². The van der Waals surface area contributed by atoms with E-state index >= 15 is 0 Å². The van der Waals surface area contributed by atoms with Crippen molar-refractivity contribution in [3.05, 3.63) is 29.5 Å². The largest absolute Gasteiger partial charge is 0.485 e. The van der Waals surface area contributed by atoms with Gasteiger partial charge in [-0.2, -0.15) is 9.50 Å². The highest BCUT2D eigenvalue weighted by Crippen LogP contribution is 2.70. The number of aliphatic imine (C=N–C) groups is 1. The summed E-state index contributed by atoms with van der Waals surface area (Å²) in [6.45, 7) is 12.7. The van der Waals surface area contributed by atoms with E-state index in [1.807, 2.05) is 25.7 Å². The van der Waals surface area contributed by atoms with Gasteiger partial charge < -0.3 is 19.3 Å². The van der Waals surface area contributed by atoms with Gasteiger partial charge in [-0.15, -0.1) is 5.10 Å². The number of aromatic nitrogens is 4. The van der Waals surface area contributed by atoms with Gasteiger partial charge in [0.05, 0.1) is 36.2 Å². The summed E-state index contributed by atoms with van der Waals surface area (Å²) in [4.78, 5) is 30.3. The molecule has 11 nitrogen and oxygen atoms in total. The van der Waals surface area contributed by atoms with Crippen molar-refractivity contribution < 1.29 is 14.3 Å². The molecule has 1 unspecified atom stereocenters. The Labute approximate surface area is 216 Å². The first kappa shape index (κ1) is 24.0. The van der Waals surface area contributed by atoms with Crippen LogP contribution in [0.1, 0.15) is 36.5 Å². The van der Waals surface area contributed by atoms with Crippen molar-refractivity contribution in [3.63, 3.8) is 0 Å². The van der Waals surface area contributed by atoms with Gasteiger partial charge in [0.1, 0.15) is 17.8 Å². The number of amidine groups is 1.